The minimum absolute atomic E-state index is 0.278. The van der Waals surface area contributed by atoms with E-state index in [0.29, 0.717) is 17.2 Å². The molecule has 0 radical (unpaired) electrons. The lowest BCUT2D eigenvalue weighted by molar-refractivity contribution is 0.0614. The first-order chi connectivity index (χ1) is 14.6. The van der Waals surface area contributed by atoms with Crippen LogP contribution in [0.2, 0.25) is 0 Å². The Kier molecular flexibility index (Phi) is 5.45. The summed E-state index contributed by atoms with van der Waals surface area (Å²) in [6, 6.07) is 9.29. The second-order valence-electron chi connectivity index (χ2n) is 8.91. The molecular formula is C24H31N3O3. The number of piperidine rings is 1. The van der Waals surface area contributed by atoms with Gasteiger partial charge in [0.2, 0.25) is 5.75 Å². The molecular weight excluding hydrogens is 378 g/mol. The van der Waals surface area contributed by atoms with E-state index >= 15 is 0 Å². The van der Waals surface area contributed by atoms with Crippen molar-refractivity contribution in [1.82, 2.24) is 0 Å². The number of nitrogens with zero attached hydrogens (tertiary/aromatic N) is 3. The summed E-state index contributed by atoms with van der Waals surface area (Å²) >= 11 is 0. The molecule has 0 bridgehead atoms. The molecule has 1 aliphatic heterocycles. The van der Waals surface area contributed by atoms with Crippen molar-refractivity contribution in [3.8, 4) is 29.4 Å². The molecule has 6 nitrogen and oxygen atoms in total. The standard InChI is InChI=1S/C24H31N3O3/c1-28-20-13-19(14-21(29-2)22(20)30-3)27-23(15-25)10-6-4-8-17(23)12-18-9-5-7-11-24(18,27)16-26/h13-14,17-18H,4-12H2,1-3H3/t17-,18+,23+,24-. The summed E-state index contributed by atoms with van der Waals surface area (Å²) in [6.45, 7) is 0. The molecule has 4 rings (SSSR count). The van der Waals surface area contributed by atoms with Gasteiger partial charge in [-0.2, -0.15) is 10.5 Å². The van der Waals surface area contributed by atoms with E-state index in [2.05, 4.69) is 17.0 Å². The summed E-state index contributed by atoms with van der Waals surface area (Å²) in [7, 11) is 4.79. The Labute approximate surface area is 179 Å². The van der Waals surface area contributed by atoms with Crippen molar-refractivity contribution in [2.24, 2.45) is 11.8 Å². The van der Waals surface area contributed by atoms with Crippen LogP contribution in [0.3, 0.4) is 0 Å². The quantitative estimate of drug-likeness (QED) is 0.709. The summed E-state index contributed by atoms with van der Waals surface area (Å²) < 4.78 is 16.8. The topological polar surface area (TPSA) is 78.5 Å². The maximum atomic E-state index is 10.6. The first-order valence-electron chi connectivity index (χ1n) is 11.0. The molecule has 30 heavy (non-hydrogen) atoms. The maximum absolute atomic E-state index is 10.6. The number of hydrogen-bond donors (Lipinski definition) is 0. The predicted octanol–water partition coefficient (Wildman–Crippen LogP) is 4.83. The third-order valence-corrected chi connectivity index (χ3v) is 7.73. The third kappa shape index (κ3) is 2.81. The van der Waals surface area contributed by atoms with E-state index in [1.807, 2.05) is 12.1 Å². The second-order valence-corrected chi connectivity index (χ2v) is 8.91. The van der Waals surface area contributed by atoms with Gasteiger partial charge < -0.3 is 19.1 Å². The van der Waals surface area contributed by atoms with Gasteiger partial charge in [-0.05, 0) is 43.9 Å². The highest BCUT2D eigenvalue weighted by molar-refractivity contribution is 5.68. The van der Waals surface area contributed by atoms with Gasteiger partial charge in [0, 0.05) is 17.8 Å². The van der Waals surface area contributed by atoms with Crippen molar-refractivity contribution in [3.05, 3.63) is 12.1 Å². The molecule has 1 aromatic carbocycles. The Balaban J connectivity index is 1.97. The minimum Gasteiger partial charge on any atom is -0.493 e. The molecule has 6 heteroatoms. The zero-order chi connectivity index (χ0) is 21.4. The van der Waals surface area contributed by atoms with Gasteiger partial charge in [-0.3, -0.25) is 0 Å². The average molecular weight is 410 g/mol. The van der Waals surface area contributed by atoms with Crippen LogP contribution >= 0.6 is 0 Å². The number of fused-ring (bicyclic) bond motifs is 2. The molecule has 1 saturated heterocycles. The number of hydrogen-bond acceptors (Lipinski definition) is 6. The first kappa shape index (κ1) is 20.7. The highest BCUT2D eigenvalue weighted by atomic mass is 16.5. The summed E-state index contributed by atoms with van der Waals surface area (Å²) in [5.41, 5.74) is -0.523. The van der Waals surface area contributed by atoms with E-state index in [1.54, 1.807) is 21.3 Å². The van der Waals surface area contributed by atoms with Crippen LogP contribution in [-0.4, -0.2) is 32.4 Å². The van der Waals surface area contributed by atoms with Crippen LogP contribution < -0.4 is 19.1 Å². The zero-order valence-electron chi connectivity index (χ0n) is 18.2. The highest BCUT2D eigenvalue weighted by Crippen LogP contribution is 2.58. The molecule has 2 aliphatic carbocycles. The number of methoxy groups -OCH3 is 3. The fourth-order valence-electron chi connectivity index (χ4n) is 6.42. The summed E-state index contributed by atoms with van der Waals surface area (Å²) in [5.74, 6) is 2.19. The molecule has 3 aliphatic rings. The molecule has 3 fully saturated rings. The lowest BCUT2D eigenvalue weighted by atomic mass is 9.57. The molecule has 0 spiro atoms. The number of benzene rings is 1. The van der Waals surface area contributed by atoms with Crippen molar-refractivity contribution in [2.45, 2.75) is 68.9 Å². The van der Waals surface area contributed by atoms with Crippen molar-refractivity contribution in [3.63, 3.8) is 0 Å². The molecule has 2 saturated carbocycles. The van der Waals surface area contributed by atoms with Crippen molar-refractivity contribution < 1.29 is 14.2 Å². The third-order valence-electron chi connectivity index (χ3n) is 7.73. The van der Waals surface area contributed by atoms with Gasteiger partial charge in [-0.1, -0.05) is 25.7 Å². The predicted molar refractivity (Wildman–Crippen MR) is 114 cm³/mol. The Morgan fingerprint density at radius 3 is 1.73 bits per heavy atom. The monoisotopic (exact) mass is 409 g/mol. The molecule has 0 amide bonds. The first-order valence-corrected chi connectivity index (χ1v) is 11.0. The van der Waals surface area contributed by atoms with Crippen LogP contribution in [0.25, 0.3) is 0 Å². The van der Waals surface area contributed by atoms with E-state index in [0.717, 1.165) is 63.5 Å². The molecule has 0 N–H and O–H groups in total. The van der Waals surface area contributed by atoms with Crippen LogP contribution in [0.1, 0.15) is 57.8 Å². The van der Waals surface area contributed by atoms with Crippen molar-refractivity contribution in [2.75, 3.05) is 26.2 Å². The van der Waals surface area contributed by atoms with Crippen LogP contribution in [0.4, 0.5) is 5.69 Å². The number of ether oxygens (including phenoxy) is 3. The number of nitriles is 2. The number of anilines is 1. The highest BCUT2D eigenvalue weighted by Gasteiger charge is 2.62. The van der Waals surface area contributed by atoms with Gasteiger partial charge in [0.15, 0.2) is 11.5 Å². The van der Waals surface area contributed by atoms with Crippen LogP contribution in [-0.2, 0) is 0 Å². The Morgan fingerprint density at radius 1 is 0.833 bits per heavy atom. The largest absolute Gasteiger partial charge is 0.493 e. The van der Waals surface area contributed by atoms with Gasteiger partial charge in [0.1, 0.15) is 11.1 Å². The van der Waals surface area contributed by atoms with Gasteiger partial charge >= 0.3 is 0 Å². The smallest absolute Gasteiger partial charge is 0.203 e. The van der Waals surface area contributed by atoms with E-state index in [9.17, 15) is 10.5 Å². The molecule has 1 heterocycles. The van der Waals surface area contributed by atoms with Crippen molar-refractivity contribution >= 4 is 5.69 Å². The van der Waals surface area contributed by atoms with Gasteiger partial charge in [0.25, 0.3) is 0 Å². The number of rotatable bonds is 4. The van der Waals surface area contributed by atoms with Crippen LogP contribution in [0, 0.1) is 34.5 Å². The summed E-state index contributed by atoms with van der Waals surface area (Å²) in [5, 5.41) is 21.1. The van der Waals surface area contributed by atoms with E-state index in [1.165, 1.54) is 0 Å². The fourth-order valence-corrected chi connectivity index (χ4v) is 6.42. The second kappa shape index (κ2) is 7.91. The van der Waals surface area contributed by atoms with Gasteiger partial charge in [0.05, 0.1) is 33.5 Å². The average Bonchev–Trinajstić information content (AvgIpc) is 2.81. The summed E-state index contributed by atoms with van der Waals surface area (Å²) in [4.78, 5) is 2.20. The lowest BCUT2D eigenvalue weighted by Crippen LogP contribution is -2.71. The molecule has 0 aromatic heterocycles. The van der Waals surface area contributed by atoms with Gasteiger partial charge in [-0.25, -0.2) is 0 Å². The van der Waals surface area contributed by atoms with E-state index in [4.69, 9.17) is 14.2 Å². The molecule has 1 aromatic rings. The molecule has 4 atom stereocenters. The van der Waals surface area contributed by atoms with Crippen LogP contribution in [0.5, 0.6) is 17.2 Å². The lowest BCUT2D eigenvalue weighted by Gasteiger charge is -2.62. The van der Waals surface area contributed by atoms with E-state index in [-0.39, 0.29) is 11.8 Å². The van der Waals surface area contributed by atoms with Crippen LogP contribution in [0.15, 0.2) is 12.1 Å². The SMILES string of the molecule is COc1cc(N2[C@@]3(C#N)CCCC[C@H]3C[C@H]3CCCC[C@]32C#N)cc(OC)c1OC. The minimum atomic E-state index is -0.674. The van der Waals surface area contributed by atoms with E-state index < -0.39 is 11.1 Å². The Morgan fingerprint density at radius 2 is 1.33 bits per heavy atom. The Bertz CT molecular complexity index is 824. The van der Waals surface area contributed by atoms with Crippen molar-refractivity contribution in [1.29, 1.82) is 10.5 Å². The summed E-state index contributed by atoms with van der Waals surface area (Å²) in [6.07, 6.45) is 8.99. The normalized spacial score (nSPS) is 32.8. The van der Waals surface area contributed by atoms with Gasteiger partial charge in [-0.15, -0.1) is 0 Å². The maximum Gasteiger partial charge on any atom is 0.203 e. The molecule has 160 valence electrons. The Hall–Kier alpha value is -2.60. The zero-order valence-corrected chi connectivity index (χ0v) is 18.2. The fraction of sp³-hybridized carbons (Fsp3) is 0.667. The molecule has 0 unspecified atom stereocenters.